The molecule has 7 heteroatoms. The molecule has 0 aliphatic heterocycles. The standard InChI is InChI=1S/C17H14ClN3O3/c1-11-8-15(20-24-11)19-17(23)13-4-7-16(22)21(10-13)9-12-2-5-14(18)6-3-12/h2-8,10H,9H2,1H3,(H,19,20,23). The number of amides is 1. The molecule has 3 rings (SSSR count). The van der Waals surface area contributed by atoms with E-state index in [0.29, 0.717) is 28.7 Å². The van der Waals surface area contributed by atoms with Crippen molar-refractivity contribution >= 4 is 23.3 Å². The van der Waals surface area contributed by atoms with Crippen LogP contribution in [0.25, 0.3) is 0 Å². The van der Waals surface area contributed by atoms with Crippen LogP contribution in [-0.4, -0.2) is 15.6 Å². The largest absolute Gasteiger partial charge is 0.360 e. The average Bonchev–Trinajstić information content (AvgIpc) is 2.96. The minimum Gasteiger partial charge on any atom is -0.360 e. The van der Waals surface area contributed by atoms with Gasteiger partial charge in [-0.2, -0.15) is 0 Å². The van der Waals surface area contributed by atoms with Gasteiger partial charge in [0.2, 0.25) is 0 Å². The van der Waals surface area contributed by atoms with Crippen molar-refractivity contribution < 1.29 is 9.32 Å². The average molecular weight is 344 g/mol. The third-order valence-electron chi connectivity index (χ3n) is 3.38. The molecule has 1 amide bonds. The van der Waals surface area contributed by atoms with Gasteiger partial charge in [-0.3, -0.25) is 9.59 Å². The molecule has 2 aromatic heterocycles. The lowest BCUT2D eigenvalue weighted by Gasteiger charge is -2.08. The molecule has 24 heavy (non-hydrogen) atoms. The number of rotatable bonds is 4. The van der Waals surface area contributed by atoms with Gasteiger partial charge in [-0.05, 0) is 30.7 Å². The lowest BCUT2D eigenvalue weighted by molar-refractivity contribution is 0.102. The number of nitrogens with one attached hydrogen (secondary N) is 1. The molecule has 0 bridgehead atoms. The van der Waals surface area contributed by atoms with Crippen molar-refractivity contribution in [1.82, 2.24) is 9.72 Å². The zero-order valence-electron chi connectivity index (χ0n) is 12.8. The summed E-state index contributed by atoms with van der Waals surface area (Å²) in [5.41, 5.74) is 1.06. The number of carbonyl (C=O) groups is 1. The van der Waals surface area contributed by atoms with Crippen molar-refractivity contribution in [1.29, 1.82) is 0 Å². The number of hydrogen-bond acceptors (Lipinski definition) is 4. The molecule has 0 aliphatic rings. The number of aromatic nitrogens is 2. The summed E-state index contributed by atoms with van der Waals surface area (Å²) in [4.78, 5) is 24.3. The lowest BCUT2D eigenvalue weighted by atomic mass is 10.2. The fourth-order valence-corrected chi connectivity index (χ4v) is 2.32. The highest BCUT2D eigenvalue weighted by Gasteiger charge is 2.10. The Morgan fingerprint density at radius 2 is 2.00 bits per heavy atom. The third-order valence-corrected chi connectivity index (χ3v) is 3.63. The maximum atomic E-state index is 12.3. The summed E-state index contributed by atoms with van der Waals surface area (Å²) in [6.07, 6.45) is 1.51. The molecule has 0 atom stereocenters. The molecule has 0 unspecified atom stereocenters. The van der Waals surface area contributed by atoms with Crippen LogP contribution < -0.4 is 10.9 Å². The van der Waals surface area contributed by atoms with Crippen LogP contribution in [0.1, 0.15) is 21.7 Å². The van der Waals surface area contributed by atoms with Crippen molar-refractivity contribution in [2.45, 2.75) is 13.5 Å². The van der Waals surface area contributed by atoms with Gasteiger partial charge in [-0.15, -0.1) is 0 Å². The third kappa shape index (κ3) is 3.72. The highest BCUT2D eigenvalue weighted by atomic mass is 35.5. The molecule has 122 valence electrons. The minimum absolute atomic E-state index is 0.196. The Kier molecular flexibility index (Phi) is 4.48. The molecule has 0 fully saturated rings. The van der Waals surface area contributed by atoms with E-state index in [1.54, 1.807) is 25.1 Å². The van der Waals surface area contributed by atoms with Crippen LogP contribution in [0.4, 0.5) is 5.82 Å². The van der Waals surface area contributed by atoms with E-state index in [1.807, 2.05) is 12.1 Å². The second kappa shape index (κ2) is 6.72. The predicted octanol–water partition coefficient (Wildman–Crippen LogP) is 3.10. The Hall–Kier alpha value is -2.86. The second-order valence-electron chi connectivity index (χ2n) is 5.29. The fourth-order valence-electron chi connectivity index (χ4n) is 2.19. The number of nitrogens with zero attached hydrogens (tertiary/aromatic N) is 2. The Morgan fingerprint density at radius 3 is 2.67 bits per heavy atom. The van der Waals surface area contributed by atoms with Gasteiger partial charge in [0.1, 0.15) is 5.76 Å². The second-order valence-corrected chi connectivity index (χ2v) is 5.72. The van der Waals surface area contributed by atoms with E-state index in [-0.39, 0.29) is 11.5 Å². The molecule has 0 aliphatic carbocycles. The van der Waals surface area contributed by atoms with Crippen LogP contribution in [0.15, 0.2) is 58.0 Å². The molecule has 0 spiro atoms. The first kappa shape index (κ1) is 16.0. The first-order chi connectivity index (χ1) is 11.5. The topological polar surface area (TPSA) is 77.1 Å². The summed E-state index contributed by atoms with van der Waals surface area (Å²) in [6, 6.07) is 11.6. The smallest absolute Gasteiger partial charge is 0.258 e. The molecule has 2 heterocycles. The van der Waals surface area contributed by atoms with Gasteiger partial charge >= 0.3 is 0 Å². The van der Waals surface area contributed by atoms with Gasteiger partial charge in [-0.25, -0.2) is 0 Å². The molecule has 0 saturated heterocycles. The zero-order chi connectivity index (χ0) is 17.1. The maximum absolute atomic E-state index is 12.3. The summed E-state index contributed by atoms with van der Waals surface area (Å²) >= 11 is 5.86. The first-order valence-electron chi connectivity index (χ1n) is 7.21. The highest BCUT2D eigenvalue weighted by molar-refractivity contribution is 6.30. The van der Waals surface area contributed by atoms with Gasteiger partial charge in [0.25, 0.3) is 11.5 Å². The van der Waals surface area contributed by atoms with Crippen LogP contribution >= 0.6 is 11.6 Å². The van der Waals surface area contributed by atoms with E-state index in [4.69, 9.17) is 16.1 Å². The number of aryl methyl sites for hydroxylation is 1. The molecule has 6 nitrogen and oxygen atoms in total. The summed E-state index contributed by atoms with van der Waals surface area (Å²) in [5, 5.41) is 6.96. The van der Waals surface area contributed by atoms with E-state index in [9.17, 15) is 9.59 Å². The molecule has 1 N–H and O–H groups in total. The van der Waals surface area contributed by atoms with Crippen molar-refractivity contribution in [3.05, 3.63) is 80.9 Å². The molecular weight excluding hydrogens is 330 g/mol. The Bertz CT molecular complexity index is 929. The van der Waals surface area contributed by atoms with Gasteiger partial charge in [0.05, 0.1) is 12.1 Å². The fraction of sp³-hybridized carbons (Fsp3) is 0.118. The van der Waals surface area contributed by atoms with Crippen LogP contribution in [0, 0.1) is 6.92 Å². The summed E-state index contributed by atoms with van der Waals surface area (Å²) in [7, 11) is 0. The molecule has 1 aromatic carbocycles. The van der Waals surface area contributed by atoms with E-state index in [2.05, 4.69) is 10.5 Å². The Morgan fingerprint density at radius 1 is 1.25 bits per heavy atom. The zero-order valence-corrected chi connectivity index (χ0v) is 13.6. The summed E-state index contributed by atoms with van der Waals surface area (Å²) in [5.74, 6) is 0.555. The van der Waals surface area contributed by atoms with Gasteiger partial charge < -0.3 is 14.4 Å². The van der Waals surface area contributed by atoms with Gasteiger partial charge in [-0.1, -0.05) is 28.9 Å². The summed E-state index contributed by atoms with van der Waals surface area (Å²) in [6.45, 7) is 2.08. The predicted molar refractivity (Wildman–Crippen MR) is 90.4 cm³/mol. The van der Waals surface area contributed by atoms with Crippen molar-refractivity contribution in [3.63, 3.8) is 0 Å². The molecular formula is C17H14ClN3O3. The number of pyridine rings is 1. The van der Waals surface area contributed by atoms with Gasteiger partial charge in [0.15, 0.2) is 5.82 Å². The summed E-state index contributed by atoms with van der Waals surface area (Å²) < 4.78 is 6.37. The monoisotopic (exact) mass is 343 g/mol. The Labute approximate surface area is 142 Å². The van der Waals surface area contributed by atoms with E-state index >= 15 is 0 Å². The van der Waals surface area contributed by atoms with Crippen molar-refractivity contribution in [2.24, 2.45) is 0 Å². The molecule has 0 saturated carbocycles. The van der Waals surface area contributed by atoms with Crippen LogP contribution in [0.3, 0.4) is 0 Å². The van der Waals surface area contributed by atoms with E-state index in [0.717, 1.165) is 5.56 Å². The number of carbonyl (C=O) groups excluding carboxylic acids is 1. The van der Waals surface area contributed by atoms with E-state index in [1.165, 1.54) is 22.9 Å². The van der Waals surface area contributed by atoms with E-state index < -0.39 is 0 Å². The lowest BCUT2D eigenvalue weighted by Crippen LogP contribution is -2.22. The number of benzene rings is 1. The Balaban J connectivity index is 1.81. The molecule has 0 radical (unpaired) electrons. The van der Waals surface area contributed by atoms with Crippen molar-refractivity contribution in [2.75, 3.05) is 5.32 Å². The maximum Gasteiger partial charge on any atom is 0.258 e. The van der Waals surface area contributed by atoms with Crippen LogP contribution in [0.5, 0.6) is 0 Å². The van der Waals surface area contributed by atoms with Crippen molar-refractivity contribution in [3.8, 4) is 0 Å². The SMILES string of the molecule is Cc1cc(NC(=O)c2ccc(=O)n(Cc3ccc(Cl)cc3)c2)no1. The quantitative estimate of drug-likeness (QED) is 0.789. The normalized spacial score (nSPS) is 10.6. The highest BCUT2D eigenvalue weighted by Crippen LogP contribution is 2.11. The van der Waals surface area contributed by atoms with Crippen LogP contribution in [0.2, 0.25) is 5.02 Å². The minimum atomic E-state index is -0.367. The molecule has 3 aromatic rings. The van der Waals surface area contributed by atoms with Gasteiger partial charge in [0, 0.05) is 23.4 Å². The number of anilines is 1. The van der Waals surface area contributed by atoms with Crippen LogP contribution in [-0.2, 0) is 6.54 Å². The number of halogens is 1. The first-order valence-corrected chi connectivity index (χ1v) is 7.59. The number of hydrogen-bond donors (Lipinski definition) is 1.